The molecule has 100 valence electrons. The van der Waals surface area contributed by atoms with Gasteiger partial charge in [0.1, 0.15) is 11.6 Å². The third-order valence-electron chi connectivity index (χ3n) is 4.35. The first-order chi connectivity index (χ1) is 8.42. The van der Waals surface area contributed by atoms with Gasteiger partial charge in [-0.15, -0.1) is 0 Å². The Labute approximate surface area is 107 Å². The molecule has 0 bridgehead atoms. The number of rotatable bonds is 2. The molecule has 2 atom stereocenters. The Morgan fingerprint density at radius 1 is 1.28 bits per heavy atom. The summed E-state index contributed by atoms with van der Waals surface area (Å²) in [5.41, 5.74) is 6.80. The van der Waals surface area contributed by atoms with Gasteiger partial charge in [0, 0.05) is 17.7 Å². The molecule has 18 heavy (non-hydrogen) atoms. The topological polar surface area (TPSA) is 26.0 Å². The number of benzene rings is 1. The molecule has 0 radical (unpaired) electrons. The molecule has 0 heterocycles. The van der Waals surface area contributed by atoms with Gasteiger partial charge in [-0.2, -0.15) is 0 Å². The van der Waals surface area contributed by atoms with Crippen molar-refractivity contribution in [1.29, 1.82) is 0 Å². The predicted molar refractivity (Wildman–Crippen MR) is 69.0 cm³/mol. The molecule has 3 heteroatoms. The molecule has 1 aliphatic rings. The van der Waals surface area contributed by atoms with Gasteiger partial charge in [0.15, 0.2) is 0 Å². The summed E-state index contributed by atoms with van der Waals surface area (Å²) in [6.07, 6.45) is 4.49. The second-order valence-electron chi connectivity index (χ2n) is 6.03. The summed E-state index contributed by atoms with van der Waals surface area (Å²) in [5.74, 6) is -0.818. The molecule has 2 unspecified atom stereocenters. The zero-order valence-electron chi connectivity index (χ0n) is 11.0. The Bertz CT molecular complexity index is 429. The maximum atomic E-state index is 13.8. The first-order valence-electron chi connectivity index (χ1n) is 6.62. The van der Waals surface area contributed by atoms with Crippen LogP contribution in [0.1, 0.15) is 51.1 Å². The summed E-state index contributed by atoms with van der Waals surface area (Å²) in [7, 11) is 0. The Kier molecular flexibility index (Phi) is 3.71. The van der Waals surface area contributed by atoms with Crippen LogP contribution in [0.4, 0.5) is 8.78 Å². The highest BCUT2D eigenvalue weighted by atomic mass is 19.1. The van der Waals surface area contributed by atoms with E-state index in [-0.39, 0.29) is 17.4 Å². The van der Waals surface area contributed by atoms with E-state index in [1.807, 2.05) is 0 Å². The maximum Gasteiger partial charge on any atom is 0.130 e. The molecule has 0 saturated heterocycles. The van der Waals surface area contributed by atoms with Crippen LogP contribution >= 0.6 is 0 Å². The minimum Gasteiger partial charge on any atom is -0.324 e. The number of hydrogen-bond donors (Lipinski definition) is 1. The van der Waals surface area contributed by atoms with E-state index in [1.54, 1.807) is 0 Å². The summed E-state index contributed by atoms with van der Waals surface area (Å²) < 4.78 is 26.7. The third kappa shape index (κ3) is 2.56. The van der Waals surface area contributed by atoms with Crippen LogP contribution in [0.15, 0.2) is 18.2 Å². The van der Waals surface area contributed by atoms with E-state index in [1.165, 1.54) is 18.6 Å². The summed E-state index contributed by atoms with van der Waals surface area (Å²) in [5, 5.41) is 0. The largest absolute Gasteiger partial charge is 0.324 e. The molecule has 1 fully saturated rings. The van der Waals surface area contributed by atoms with Crippen LogP contribution in [0.3, 0.4) is 0 Å². The van der Waals surface area contributed by atoms with Crippen molar-refractivity contribution in [2.24, 2.45) is 17.1 Å². The highest BCUT2D eigenvalue weighted by Gasteiger charge is 2.37. The lowest BCUT2D eigenvalue weighted by Gasteiger charge is -2.42. The van der Waals surface area contributed by atoms with Gasteiger partial charge >= 0.3 is 0 Å². The second kappa shape index (κ2) is 4.96. The molecular weight excluding hydrogens is 232 g/mol. The van der Waals surface area contributed by atoms with Crippen molar-refractivity contribution in [3.8, 4) is 0 Å². The molecule has 1 aliphatic carbocycles. The van der Waals surface area contributed by atoms with Crippen LogP contribution in [0.2, 0.25) is 0 Å². The Morgan fingerprint density at radius 3 is 2.61 bits per heavy atom. The van der Waals surface area contributed by atoms with Crippen molar-refractivity contribution in [1.82, 2.24) is 0 Å². The van der Waals surface area contributed by atoms with Crippen LogP contribution in [-0.2, 0) is 0 Å². The zero-order valence-corrected chi connectivity index (χ0v) is 11.0. The van der Waals surface area contributed by atoms with E-state index in [4.69, 9.17) is 5.73 Å². The van der Waals surface area contributed by atoms with Gasteiger partial charge in [-0.1, -0.05) is 32.8 Å². The molecule has 2 N–H and O–H groups in total. The Morgan fingerprint density at radius 2 is 2.00 bits per heavy atom. The van der Waals surface area contributed by atoms with Crippen molar-refractivity contribution in [2.75, 3.05) is 0 Å². The smallest absolute Gasteiger partial charge is 0.130 e. The third-order valence-corrected chi connectivity index (χ3v) is 4.35. The number of nitrogens with two attached hydrogens (primary N) is 1. The van der Waals surface area contributed by atoms with Gasteiger partial charge in [0.2, 0.25) is 0 Å². The summed E-state index contributed by atoms with van der Waals surface area (Å²) in [6.45, 7) is 4.39. The van der Waals surface area contributed by atoms with Crippen molar-refractivity contribution in [3.05, 3.63) is 35.4 Å². The number of hydrogen-bond acceptors (Lipinski definition) is 1. The van der Waals surface area contributed by atoms with Crippen molar-refractivity contribution in [2.45, 2.75) is 45.6 Å². The van der Waals surface area contributed by atoms with E-state index >= 15 is 0 Å². The molecule has 0 spiro atoms. The molecular formula is C15H21F2N. The molecule has 1 saturated carbocycles. The standard InChI is InChI=1S/C15H21F2N/c1-15(2)8-4-3-5-12(15)14(18)11-7-6-10(16)9-13(11)17/h6-7,9,12,14H,3-5,8,18H2,1-2H3. The average Bonchev–Trinajstić information content (AvgIpc) is 2.27. The molecule has 1 aromatic rings. The highest BCUT2D eigenvalue weighted by molar-refractivity contribution is 5.23. The minimum absolute atomic E-state index is 0.124. The normalized spacial score (nSPS) is 24.8. The minimum atomic E-state index is -0.550. The van der Waals surface area contributed by atoms with Crippen LogP contribution in [0, 0.1) is 23.0 Å². The predicted octanol–water partition coefficient (Wildman–Crippen LogP) is 4.18. The number of halogens is 2. The molecule has 2 rings (SSSR count). The molecule has 1 aromatic carbocycles. The molecule has 0 amide bonds. The zero-order chi connectivity index (χ0) is 13.3. The van der Waals surface area contributed by atoms with E-state index in [0.29, 0.717) is 5.56 Å². The van der Waals surface area contributed by atoms with Gasteiger partial charge in [-0.3, -0.25) is 0 Å². The fourth-order valence-corrected chi connectivity index (χ4v) is 3.18. The molecule has 1 nitrogen and oxygen atoms in total. The Balaban J connectivity index is 2.27. The van der Waals surface area contributed by atoms with Crippen molar-refractivity contribution in [3.63, 3.8) is 0 Å². The first kappa shape index (κ1) is 13.5. The maximum absolute atomic E-state index is 13.8. The SMILES string of the molecule is CC1(C)CCCCC1C(N)c1ccc(F)cc1F. The fourth-order valence-electron chi connectivity index (χ4n) is 3.18. The van der Waals surface area contributed by atoms with Crippen molar-refractivity contribution < 1.29 is 8.78 Å². The average molecular weight is 253 g/mol. The summed E-state index contributed by atoms with van der Waals surface area (Å²) in [6, 6.07) is 3.35. The lowest BCUT2D eigenvalue weighted by Crippen LogP contribution is -2.36. The Hall–Kier alpha value is -0.960. The summed E-state index contributed by atoms with van der Waals surface area (Å²) in [4.78, 5) is 0. The van der Waals surface area contributed by atoms with Crippen molar-refractivity contribution >= 4 is 0 Å². The van der Waals surface area contributed by atoms with E-state index < -0.39 is 11.6 Å². The van der Waals surface area contributed by atoms with Gasteiger partial charge in [0.05, 0.1) is 0 Å². The van der Waals surface area contributed by atoms with Crippen LogP contribution in [-0.4, -0.2) is 0 Å². The fraction of sp³-hybridized carbons (Fsp3) is 0.600. The molecule has 0 aliphatic heterocycles. The highest BCUT2D eigenvalue weighted by Crippen LogP contribution is 2.46. The van der Waals surface area contributed by atoms with Gasteiger partial charge in [-0.05, 0) is 30.2 Å². The second-order valence-corrected chi connectivity index (χ2v) is 6.03. The van der Waals surface area contributed by atoms with Gasteiger partial charge in [0.25, 0.3) is 0 Å². The van der Waals surface area contributed by atoms with Gasteiger partial charge < -0.3 is 5.73 Å². The van der Waals surface area contributed by atoms with Crippen LogP contribution < -0.4 is 5.73 Å². The van der Waals surface area contributed by atoms with E-state index in [2.05, 4.69) is 13.8 Å². The monoisotopic (exact) mass is 253 g/mol. The van der Waals surface area contributed by atoms with Crippen LogP contribution in [0.5, 0.6) is 0 Å². The lowest BCUT2D eigenvalue weighted by atomic mass is 9.65. The first-order valence-corrected chi connectivity index (χ1v) is 6.62. The van der Waals surface area contributed by atoms with Gasteiger partial charge in [-0.25, -0.2) is 8.78 Å². The van der Waals surface area contributed by atoms with E-state index in [9.17, 15) is 8.78 Å². The van der Waals surface area contributed by atoms with E-state index in [0.717, 1.165) is 25.3 Å². The summed E-state index contributed by atoms with van der Waals surface area (Å²) >= 11 is 0. The lowest BCUT2D eigenvalue weighted by molar-refractivity contribution is 0.111. The molecule has 0 aromatic heterocycles. The van der Waals surface area contributed by atoms with Crippen LogP contribution in [0.25, 0.3) is 0 Å². The quantitative estimate of drug-likeness (QED) is 0.840.